The van der Waals surface area contributed by atoms with Crippen molar-refractivity contribution in [1.29, 1.82) is 0 Å². The van der Waals surface area contributed by atoms with Gasteiger partial charge in [0, 0.05) is 5.03 Å². The Morgan fingerprint density at radius 1 is 1.08 bits per heavy atom. The fraction of sp³-hybridized carbons (Fsp3) is 0.636. The van der Waals surface area contributed by atoms with E-state index in [0.29, 0.717) is 5.92 Å². The van der Waals surface area contributed by atoms with Gasteiger partial charge >= 0.3 is 0 Å². The van der Waals surface area contributed by atoms with Gasteiger partial charge in [0.2, 0.25) is 0 Å². The van der Waals surface area contributed by atoms with E-state index in [4.69, 9.17) is 11.6 Å². The molecule has 0 amide bonds. The zero-order valence-electron chi connectivity index (χ0n) is 9.11. The van der Waals surface area contributed by atoms with E-state index in [-0.39, 0.29) is 0 Å². The zero-order chi connectivity index (χ0) is 10.1. The minimum absolute atomic E-state index is 0.618. The largest absolute Gasteiger partial charge is 0.0895 e. The van der Waals surface area contributed by atoms with Gasteiger partial charge in [-0.2, -0.15) is 0 Å². The van der Waals surface area contributed by atoms with Crippen LogP contribution in [0, 0.1) is 5.92 Å². The smallest absolute Gasteiger partial charge is 0.0149 e. The number of hydrogen-bond donors (Lipinski definition) is 0. The van der Waals surface area contributed by atoms with Crippen LogP contribution in [0.15, 0.2) is 22.8 Å². The van der Waals surface area contributed by atoms with Gasteiger partial charge in [0.05, 0.1) is 0 Å². The highest BCUT2D eigenvalue weighted by atomic mass is 35.5. The molecule has 0 aliphatic carbocycles. The van der Waals surface area contributed by atoms with Crippen molar-refractivity contribution in [2.24, 2.45) is 5.92 Å². The summed E-state index contributed by atoms with van der Waals surface area (Å²) in [5.41, 5.74) is 1.36. The molecule has 0 aromatic carbocycles. The Hall–Kier alpha value is -0.230. The summed E-state index contributed by atoms with van der Waals surface area (Å²) in [6.07, 6.45) is 3.99. The third kappa shape index (κ3) is 9.77. The molecule has 1 heteroatoms. The minimum Gasteiger partial charge on any atom is -0.0895 e. The highest BCUT2D eigenvalue weighted by Gasteiger charge is 1.92. The van der Waals surface area contributed by atoms with Crippen LogP contribution in [-0.4, -0.2) is 0 Å². The first-order valence-corrected chi connectivity index (χ1v) is 4.92. The van der Waals surface area contributed by atoms with Gasteiger partial charge < -0.3 is 0 Å². The molecule has 72 valence electrons. The molecule has 0 fully saturated rings. The molecule has 0 saturated heterocycles. The highest BCUT2D eigenvalue weighted by Crippen LogP contribution is 2.09. The number of hydrogen-bond acceptors (Lipinski definition) is 0. The van der Waals surface area contributed by atoms with E-state index in [2.05, 4.69) is 26.8 Å². The quantitative estimate of drug-likeness (QED) is 0.549. The van der Waals surface area contributed by atoms with Crippen molar-refractivity contribution in [2.75, 3.05) is 0 Å². The topological polar surface area (TPSA) is 0 Å². The van der Waals surface area contributed by atoms with Crippen molar-refractivity contribution in [3.05, 3.63) is 22.8 Å². The summed E-state index contributed by atoms with van der Waals surface area (Å²) < 4.78 is 0. The Bertz CT molecular complexity index is 148. The number of rotatable bonds is 2. The van der Waals surface area contributed by atoms with E-state index in [1.807, 2.05) is 26.8 Å². The molecule has 0 nitrogen and oxygen atoms in total. The predicted octanol–water partition coefficient (Wildman–Crippen LogP) is 4.76. The maximum absolute atomic E-state index is 5.64. The van der Waals surface area contributed by atoms with Crippen LogP contribution in [0.2, 0.25) is 0 Å². The fourth-order valence-corrected chi connectivity index (χ4v) is 0.502. The van der Waals surface area contributed by atoms with Crippen LogP contribution in [0.5, 0.6) is 0 Å². The van der Waals surface area contributed by atoms with E-state index in [9.17, 15) is 0 Å². The molecular weight excluding hydrogens is 168 g/mol. The molecule has 0 spiro atoms. The van der Waals surface area contributed by atoms with Gasteiger partial charge in [-0.25, -0.2) is 0 Å². The second-order valence-corrected chi connectivity index (χ2v) is 3.41. The van der Waals surface area contributed by atoms with Crippen molar-refractivity contribution < 1.29 is 0 Å². The average Bonchev–Trinajstić information content (AvgIpc) is 2.03. The van der Waals surface area contributed by atoms with Crippen molar-refractivity contribution in [1.82, 2.24) is 0 Å². The van der Waals surface area contributed by atoms with Crippen molar-refractivity contribution in [3.8, 4) is 0 Å². The van der Waals surface area contributed by atoms with Crippen LogP contribution in [0.1, 0.15) is 41.5 Å². The summed E-state index contributed by atoms with van der Waals surface area (Å²) in [6.45, 7) is 12.3. The number of allylic oxidation sites excluding steroid dienone is 4. The van der Waals surface area contributed by atoms with E-state index < -0.39 is 0 Å². The molecule has 0 bridgehead atoms. The second-order valence-electron chi connectivity index (χ2n) is 2.82. The zero-order valence-corrected chi connectivity index (χ0v) is 9.87. The van der Waals surface area contributed by atoms with E-state index >= 15 is 0 Å². The molecule has 0 saturated carbocycles. The lowest BCUT2D eigenvalue weighted by molar-refractivity contribution is 0.769. The minimum atomic E-state index is 0.618. The molecule has 0 aliphatic rings. The highest BCUT2D eigenvalue weighted by molar-refractivity contribution is 6.29. The molecule has 0 unspecified atom stereocenters. The van der Waals surface area contributed by atoms with Gasteiger partial charge in [0.15, 0.2) is 0 Å². The monoisotopic (exact) mass is 188 g/mol. The van der Waals surface area contributed by atoms with Crippen molar-refractivity contribution >= 4 is 11.6 Å². The summed E-state index contributed by atoms with van der Waals surface area (Å²) in [5, 5.41) is 0.833. The molecule has 0 heterocycles. The molecule has 0 aromatic heterocycles. The van der Waals surface area contributed by atoms with E-state index in [1.165, 1.54) is 5.57 Å². The molecule has 0 N–H and O–H groups in total. The molecule has 0 atom stereocenters. The van der Waals surface area contributed by atoms with Crippen LogP contribution in [0.4, 0.5) is 0 Å². The Kier molecular flexibility index (Phi) is 10.6. The lowest BCUT2D eigenvalue weighted by Crippen LogP contribution is -1.86. The first kappa shape index (κ1) is 14.3. The Morgan fingerprint density at radius 3 is 1.75 bits per heavy atom. The summed E-state index contributed by atoms with van der Waals surface area (Å²) in [7, 11) is 0. The van der Waals surface area contributed by atoms with Crippen molar-refractivity contribution in [3.63, 3.8) is 0 Å². The Labute approximate surface area is 82.3 Å². The molecule has 0 radical (unpaired) electrons. The Balaban J connectivity index is 0. The molecule has 0 rings (SSSR count). The second kappa shape index (κ2) is 8.86. The van der Waals surface area contributed by atoms with E-state index in [0.717, 1.165) is 5.03 Å². The summed E-state index contributed by atoms with van der Waals surface area (Å²) in [4.78, 5) is 0. The first-order chi connectivity index (χ1) is 5.54. The molecule has 12 heavy (non-hydrogen) atoms. The maximum Gasteiger partial charge on any atom is 0.0149 e. The first-order valence-electron chi connectivity index (χ1n) is 4.54. The van der Waals surface area contributed by atoms with E-state index in [1.54, 1.807) is 0 Å². The SMILES string of the molecule is C/C(Cl)=C\C=C(/C)C(C)C.CC. The van der Waals surface area contributed by atoms with Gasteiger partial charge in [-0.15, -0.1) is 0 Å². The summed E-state index contributed by atoms with van der Waals surface area (Å²) in [6, 6.07) is 0. The van der Waals surface area contributed by atoms with Crippen LogP contribution in [-0.2, 0) is 0 Å². The normalized spacial score (nSPS) is 12.7. The predicted molar refractivity (Wildman–Crippen MR) is 59.6 cm³/mol. The Morgan fingerprint density at radius 2 is 1.50 bits per heavy atom. The van der Waals surface area contributed by atoms with Crippen LogP contribution in [0.25, 0.3) is 0 Å². The summed E-state index contributed by atoms with van der Waals surface area (Å²) in [5.74, 6) is 0.618. The van der Waals surface area contributed by atoms with Gasteiger partial charge in [-0.1, -0.05) is 50.9 Å². The van der Waals surface area contributed by atoms with Gasteiger partial charge in [-0.3, -0.25) is 0 Å². The van der Waals surface area contributed by atoms with Crippen LogP contribution in [0.3, 0.4) is 0 Å². The fourth-order valence-electron chi connectivity index (χ4n) is 0.439. The lowest BCUT2D eigenvalue weighted by atomic mass is 10.1. The third-order valence-corrected chi connectivity index (χ3v) is 1.61. The van der Waals surface area contributed by atoms with Crippen LogP contribution >= 0.6 is 11.6 Å². The maximum atomic E-state index is 5.64. The third-order valence-electron chi connectivity index (χ3n) is 1.49. The molecular formula is C11H21Cl. The van der Waals surface area contributed by atoms with Gasteiger partial charge in [0.25, 0.3) is 0 Å². The van der Waals surface area contributed by atoms with Crippen LogP contribution < -0.4 is 0 Å². The standard InChI is InChI=1S/C9H15Cl.C2H6/c1-7(2)8(3)5-6-9(4)10;1-2/h5-7H,1-4H3;1-2H3/b8-5+,9-6+;. The van der Waals surface area contributed by atoms with Crippen molar-refractivity contribution in [2.45, 2.75) is 41.5 Å². The molecule has 0 aliphatic heterocycles. The number of halogens is 1. The molecule has 0 aromatic rings. The lowest BCUT2D eigenvalue weighted by Gasteiger charge is -2.01. The average molecular weight is 189 g/mol. The summed E-state index contributed by atoms with van der Waals surface area (Å²) >= 11 is 5.64. The van der Waals surface area contributed by atoms with Gasteiger partial charge in [-0.05, 0) is 25.8 Å². The van der Waals surface area contributed by atoms with Gasteiger partial charge in [0.1, 0.15) is 0 Å².